The van der Waals surface area contributed by atoms with Gasteiger partial charge in [0.15, 0.2) is 0 Å². The molecule has 1 atom stereocenters. The summed E-state index contributed by atoms with van der Waals surface area (Å²) in [7, 11) is 0. The zero-order valence-electron chi connectivity index (χ0n) is 25.1. The molecule has 2 aliphatic heterocycles. The number of hydrogen-bond acceptors (Lipinski definition) is 3. The molecule has 46 heavy (non-hydrogen) atoms. The predicted molar refractivity (Wildman–Crippen MR) is 184 cm³/mol. The highest BCUT2D eigenvalue weighted by Crippen LogP contribution is 2.43. The van der Waals surface area contributed by atoms with E-state index >= 15 is 0 Å². The quantitative estimate of drug-likeness (QED) is 0.188. The molecular weight excluding hydrogens is 566 g/mol. The smallest absolute Gasteiger partial charge is 0.268 e. The second-order valence-electron chi connectivity index (χ2n) is 12.2. The lowest BCUT2D eigenvalue weighted by atomic mass is 9.97. The Balaban J connectivity index is 1.34. The first-order valence-electron chi connectivity index (χ1n) is 15.8. The van der Waals surface area contributed by atoms with Crippen LogP contribution in [0, 0.1) is 5.92 Å². The molecule has 0 saturated carbocycles. The van der Waals surface area contributed by atoms with E-state index in [0.29, 0.717) is 22.5 Å². The molecule has 220 valence electrons. The molecule has 5 nitrogen and oxygen atoms in total. The van der Waals surface area contributed by atoms with Gasteiger partial charge in [-0.25, -0.2) is 4.90 Å². The standard InChI is InChI=1S/C41H29N3O2/c45-40-34-24-26-10-6-14-29-15-8-20-35(42-29)33-19-9-18-32-31-17-4-5-21-36(31)44(39(32)33)37(23-22-26)38(34)41(46)43(40)30-16-7-13-28(25-30)27-11-2-1-3-12-27/h1-5,7-9,11-13,15-26H,6,10,14H2. The maximum atomic E-state index is 14.7. The molecule has 1 unspecified atom stereocenters. The summed E-state index contributed by atoms with van der Waals surface area (Å²) < 4.78 is 2.18. The van der Waals surface area contributed by atoms with E-state index in [-0.39, 0.29) is 17.7 Å². The maximum Gasteiger partial charge on any atom is 0.268 e. The molecule has 1 fully saturated rings. The van der Waals surface area contributed by atoms with Crippen LogP contribution in [0.2, 0.25) is 0 Å². The zero-order chi connectivity index (χ0) is 30.8. The number of para-hydroxylation sites is 2. The van der Waals surface area contributed by atoms with Crippen LogP contribution in [0.1, 0.15) is 18.5 Å². The first-order valence-corrected chi connectivity index (χ1v) is 15.8. The fourth-order valence-electron chi connectivity index (χ4n) is 7.34. The van der Waals surface area contributed by atoms with Crippen molar-refractivity contribution in [3.63, 3.8) is 0 Å². The third-order valence-electron chi connectivity index (χ3n) is 9.46. The number of hydrogen-bond donors (Lipinski definition) is 0. The Morgan fingerprint density at radius 2 is 1.50 bits per heavy atom. The summed E-state index contributed by atoms with van der Waals surface area (Å²) in [5.74, 6) is -0.597. The van der Waals surface area contributed by atoms with Crippen LogP contribution in [0.5, 0.6) is 0 Å². The van der Waals surface area contributed by atoms with Gasteiger partial charge in [0.1, 0.15) is 0 Å². The molecule has 6 aromatic rings. The zero-order valence-corrected chi connectivity index (χ0v) is 25.1. The average molecular weight is 596 g/mol. The lowest BCUT2D eigenvalue weighted by Gasteiger charge is -2.16. The van der Waals surface area contributed by atoms with Crippen molar-refractivity contribution in [2.75, 3.05) is 4.90 Å². The van der Waals surface area contributed by atoms with E-state index in [9.17, 15) is 9.59 Å². The van der Waals surface area contributed by atoms with Gasteiger partial charge in [0.05, 0.1) is 39.3 Å². The van der Waals surface area contributed by atoms with Gasteiger partial charge < -0.3 is 4.57 Å². The molecule has 0 spiro atoms. The van der Waals surface area contributed by atoms with E-state index in [0.717, 1.165) is 69.1 Å². The van der Waals surface area contributed by atoms with Crippen molar-refractivity contribution < 1.29 is 9.59 Å². The number of fused-ring (bicyclic) bond motifs is 10. The number of amides is 2. The van der Waals surface area contributed by atoms with E-state index in [2.05, 4.69) is 65.3 Å². The number of carbonyl (C=O) groups excluding carboxylic acids is 2. The Hall–Kier alpha value is -5.81. The first kappa shape index (κ1) is 26.6. The number of pyridine rings is 1. The van der Waals surface area contributed by atoms with Crippen LogP contribution in [0.25, 0.3) is 49.9 Å². The molecular formula is C41H29N3O2. The van der Waals surface area contributed by atoms with E-state index in [4.69, 9.17) is 4.98 Å². The minimum absolute atomic E-state index is 0.00801. The lowest BCUT2D eigenvalue weighted by molar-refractivity contribution is -0.119. The Bertz CT molecular complexity index is 2340. The maximum absolute atomic E-state index is 14.7. The molecule has 1 saturated heterocycles. The van der Waals surface area contributed by atoms with Gasteiger partial charge in [0.25, 0.3) is 11.8 Å². The third kappa shape index (κ3) is 4.05. The molecule has 4 bridgehead atoms. The van der Waals surface area contributed by atoms with Gasteiger partial charge in [-0.05, 0) is 72.7 Å². The number of rotatable bonds is 2. The minimum Gasteiger partial charge on any atom is -0.308 e. The van der Waals surface area contributed by atoms with Crippen molar-refractivity contribution in [2.24, 2.45) is 5.92 Å². The SMILES string of the molecule is O=C1C2=CC3C=CC(=C2C(=O)N1c1cccc(-c2ccccc2)c1)n1c2ccccc2c2cccc(c21)-c1cccc(n1)CCC3. The second-order valence-corrected chi connectivity index (χ2v) is 12.2. The van der Waals surface area contributed by atoms with Gasteiger partial charge in [0.2, 0.25) is 0 Å². The highest BCUT2D eigenvalue weighted by atomic mass is 16.2. The van der Waals surface area contributed by atoms with Crippen molar-refractivity contribution in [1.29, 1.82) is 0 Å². The number of aromatic nitrogens is 2. The van der Waals surface area contributed by atoms with E-state index in [1.165, 1.54) is 4.90 Å². The minimum atomic E-state index is -0.308. The van der Waals surface area contributed by atoms with Gasteiger partial charge in [-0.15, -0.1) is 0 Å². The van der Waals surface area contributed by atoms with Crippen molar-refractivity contribution in [2.45, 2.75) is 19.3 Å². The molecule has 5 heteroatoms. The van der Waals surface area contributed by atoms with Crippen LogP contribution in [0.3, 0.4) is 0 Å². The normalized spacial score (nSPS) is 17.5. The largest absolute Gasteiger partial charge is 0.308 e. The molecule has 4 heterocycles. The van der Waals surface area contributed by atoms with Crippen molar-refractivity contribution in [3.05, 3.63) is 150 Å². The number of nitrogens with zero attached hydrogens (tertiary/aromatic N) is 3. The number of benzene rings is 4. The molecule has 4 aromatic carbocycles. The number of aryl methyl sites for hydroxylation is 1. The van der Waals surface area contributed by atoms with Crippen molar-refractivity contribution in [3.8, 4) is 22.4 Å². The fourth-order valence-corrected chi connectivity index (χ4v) is 7.34. The Labute approximate surface area is 266 Å². The first-order chi connectivity index (χ1) is 22.7. The predicted octanol–water partition coefficient (Wildman–Crippen LogP) is 8.76. The summed E-state index contributed by atoms with van der Waals surface area (Å²) in [6, 6.07) is 38.6. The summed E-state index contributed by atoms with van der Waals surface area (Å²) in [6.07, 6.45) is 8.83. The van der Waals surface area contributed by atoms with Gasteiger partial charge in [0, 0.05) is 22.0 Å². The fraction of sp³-hybridized carbons (Fsp3) is 0.0976. The Morgan fingerprint density at radius 3 is 2.41 bits per heavy atom. The van der Waals surface area contributed by atoms with Gasteiger partial charge in [-0.3, -0.25) is 14.6 Å². The van der Waals surface area contributed by atoms with Crippen LogP contribution in [-0.4, -0.2) is 21.4 Å². The average Bonchev–Trinajstić information content (AvgIpc) is 3.47. The van der Waals surface area contributed by atoms with Crippen LogP contribution >= 0.6 is 0 Å². The summed E-state index contributed by atoms with van der Waals surface area (Å²) in [6.45, 7) is 0. The number of anilines is 1. The lowest BCUT2D eigenvalue weighted by Crippen LogP contribution is -2.29. The van der Waals surface area contributed by atoms with Crippen LogP contribution < -0.4 is 4.90 Å². The highest BCUT2D eigenvalue weighted by Gasteiger charge is 2.43. The van der Waals surface area contributed by atoms with Gasteiger partial charge in [-0.1, -0.05) is 97.1 Å². The van der Waals surface area contributed by atoms with Crippen LogP contribution in [0.4, 0.5) is 5.69 Å². The van der Waals surface area contributed by atoms with Gasteiger partial charge >= 0.3 is 0 Å². The van der Waals surface area contributed by atoms with Crippen molar-refractivity contribution >= 4 is 45.0 Å². The molecule has 3 aliphatic rings. The topological polar surface area (TPSA) is 55.2 Å². The number of allylic oxidation sites excluding steroid dienone is 4. The summed E-state index contributed by atoms with van der Waals surface area (Å²) in [4.78, 5) is 35.6. The monoisotopic (exact) mass is 595 g/mol. The molecule has 1 aliphatic carbocycles. The molecule has 9 rings (SSSR count). The van der Waals surface area contributed by atoms with Crippen LogP contribution in [0.15, 0.2) is 145 Å². The van der Waals surface area contributed by atoms with Crippen LogP contribution in [-0.2, 0) is 16.0 Å². The van der Waals surface area contributed by atoms with E-state index < -0.39 is 0 Å². The highest BCUT2D eigenvalue weighted by molar-refractivity contribution is 6.39. The number of imide groups is 1. The second kappa shape index (κ2) is 10.4. The summed E-state index contributed by atoms with van der Waals surface area (Å²) in [5.41, 5.74) is 9.06. The Kier molecular flexibility index (Phi) is 6.00. The van der Waals surface area contributed by atoms with Gasteiger partial charge in [-0.2, -0.15) is 0 Å². The van der Waals surface area contributed by atoms with E-state index in [1.807, 2.05) is 72.8 Å². The number of carbonyl (C=O) groups is 2. The molecule has 0 radical (unpaired) electrons. The van der Waals surface area contributed by atoms with Crippen molar-refractivity contribution in [1.82, 2.24) is 9.55 Å². The molecule has 0 N–H and O–H groups in total. The molecule has 2 aromatic heterocycles. The third-order valence-corrected chi connectivity index (χ3v) is 9.46. The summed E-state index contributed by atoms with van der Waals surface area (Å²) >= 11 is 0. The Morgan fingerprint density at radius 1 is 0.717 bits per heavy atom. The van der Waals surface area contributed by atoms with E-state index in [1.54, 1.807) is 0 Å². The molecule has 2 amide bonds. The summed E-state index contributed by atoms with van der Waals surface area (Å²) in [5, 5.41) is 2.16.